The van der Waals surface area contributed by atoms with E-state index in [0.717, 1.165) is 17.8 Å². The molecule has 1 N–H and O–H groups in total. The van der Waals surface area contributed by atoms with Gasteiger partial charge in [0, 0.05) is 36.2 Å². The first-order chi connectivity index (χ1) is 8.44. The fraction of sp³-hybridized carbons (Fsp3) is 0.462. The predicted molar refractivity (Wildman–Crippen MR) is 70.5 cm³/mol. The highest BCUT2D eigenvalue weighted by atomic mass is 15.3. The Hall–Kier alpha value is -1.75. The smallest absolute Gasteiger partial charge is 0.250 e. The van der Waals surface area contributed by atoms with E-state index in [0.29, 0.717) is 5.95 Å². The maximum absolute atomic E-state index is 4.31. The Kier molecular flexibility index (Phi) is 3.43. The van der Waals surface area contributed by atoms with Crippen molar-refractivity contribution in [1.29, 1.82) is 0 Å². The fourth-order valence-corrected chi connectivity index (χ4v) is 1.45. The van der Waals surface area contributed by atoms with E-state index in [2.05, 4.69) is 41.2 Å². The van der Waals surface area contributed by atoms with Crippen LogP contribution in [0.25, 0.3) is 5.95 Å². The summed E-state index contributed by atoms with van der Waals surface area (Å²) < 4.78 is 1.68. The monoisotopic (exact) mass is 245 g/mol. The van der Waals surface area contributed by atoms with Crippen molar-refractivity contribution >= 4 is 0 Å². The lowest BCUT2D eigenvalue weighted by atomic mass is 10.1. The lowest BCUT2D eigenvalue weighted by Crippen LogP contribution is -2.35. The fourth-order valence-electron chi connectivity index (χ4n) is 1.45. The molecule has 0 radical (unpaired) electrons. The van der Waals surface area contributed by atoms with Gasteiger partial charge in [-0.15, -0.1) is 0 Å². The molecule has 0 aromatic carbocycles. The Morgan fingerprint density at radius 1 is 1.22 bits per heavy atom. The van der Waals surface area contributed by atoms with Gasteiger partial charge in [0.1, 0.15) is 0 Å². The van der Waals surface area contributed by atoms with Gasteiger partial charge in [-0.3, -0.25) is 0 Å². The molecule has 0 aliphatic carbocycles. The second kappa shape index (κ2) is 4.86. The van der Waals surface area contributed by atoms with Crippen molar-refractivity contribution < 1.29 is 0 Å². The molecule has 5 heteroatoms. The van der Waals surface area contributed by atoms with Crippen LogP contribution in [0.3, 0.4) is 0 Å². The number of nitrogens with one attached hydrogen (secondary N) is 1. The third-order valence-corrected chi connectivity index (χ3v) is 2.44. The highest BCUT2D eigenvalue weighted by molar-refractivity contribution is 5.15. The standard InChI is InChI=1S/C13H19N5/c1-10-5-6-18(17-10)12-14-7-11(8-15-12)9-16-13(2,3)4/h5-8,16H,9H2,1-4H3. The van der Waals surface area contributed by atoms with Gasteiger partial charge in [-0.05, 0) is 33.8 Å². The summed E-state index contributed by atoms with van der Waals surface area (Å²) in [7, 11) is 0. The normalized spacial score (nSPS) is 11.8. The quantitative estimate of drug-likeness (QED) is 0.896. The van der Waals surface area contributed by atoms with E-state index in [9.17, 15) is 0 Å². The topological polar surface area (TPSA) is 55.6 Å². The van der Waals surface area contributed by atoms with E-state index in [-0.39, 0.29) is 5.54 Å². The summed E-state index contributed by atoms with van der Waals surface area (Å²) >= 11 is 0. The molecule has 0 unspecified atom stereocenters. The van der Waals surface area contributed by atoms with Crippen molar-refractivity contribution in [1.82, 2.24) is 25.1 Å². The average molecular weight is 245 g/mol. The number of nitrogens with zero attached hydrogens (tertiary/aromatic N) is 4. The summed E-state index contributed by atoms with van der Waals surface area (Å²) in [5, 5.41) is 7.67. The van der Waals surface area contributed by atoms with Crippen molar-refractivity contribution in [3.63, 3.8) is 0 Å². The van der Waals surface area contributed by atoms with Gasteiger partial charge < -0.3 is 5.32 Å². The molecule has 0 atom stereocenters. The van der Waals surface area contributed by atoms with E-state index < -0.39 is 0 Å². The number of hydrogen-bond donors (Lipinski definition) is 1. The van der Waals surface area contributed by atoms with Crippen molar-refractivity contribution in [3.05, 3.63) is 35.9 Å². The number of rotatable bonds is 3. The van der Waals surface area contributed by atoms with E-state index in [4.69, 9.17) is 0 Å². The van der Waals surface area contributed by atoms with Crippen LogP contribution in [0.2, 0.25) is 0 Å². The van der Waals surface area contributed by atoms with Crippen LogP contribution < -0.4 is 5.32 Å². The maximum Gasteiger partial charge on any atom is 0.250 e. The average Bonchev–Trinajstić information content (AvgIpc) is 2.73. The van der Waals surface area contributed by atoms with Gasteiger partial charge in [0.2, 0.25) is 5.95 Å². The summed E-state index contributed by atoms with van der Waals surface area (Å²) in [4.78, 5) is 8.62. The van der Waals surface area contributed by atoms with E-state index in [1.54, 1.807) is 4.68 Å². The summed E-state index contributed by atoms with van der Waals surface area (Å²) in [6.07, 6.45) is 5.52. The number of aromatic nitrogens is 4. The summed E-state index contributed by atoms with van der Waals surface area (Å²) in [5.74, 6) is 0.600. The molecule has 5 nitrogen and oxygen atoms in total. The first kappa shape index (κ1) is 12.7. The van der Waals surface area contributed by atoms with Crippen LogP contribution in [-0.2, 0) is 6.54 Å². The molecule has 0 saturated carbocycles. The van der Waals surface area contributed by atoms with Crippen molar-refractivity contribution in [2.24, 2.45) is 0 Å². The summed E-state index contributed by atoms with van der Waals surface area (Å²) in [6, 6.07) is 1.93. The lowest BCUT2D eigenvalue weighted by molar-refractivity contribution is 0.423. The minimum absolute atomic E-state index is 0.0950. The second-order valence-electron chi connectivity index (χ2n) is 5.40. The molecule has 0 saturated heterocycles. The molecule has 0 fully saturated rings. The van der Waals surface area contributed by atoms with Crippen molar-refractivity contribution in [2.75, 3.05) is 0 Å². The van der Waals surface area contributed by atoms with E-state index in [1.807, 2.05) is 31.6 Å². The van der Waals surface area contributed by atoms with Crippen LogP contribution >= 0.6 is 0 Å². The Morgan fingerprint density at radius 3 is 2.39 bits per heavy atom. The van der Waals surface area contributed by atoms with Crippen LogP contribution in [0, 0.1) is 6.92 Å². The summed E-state index contributed by atoms with van der Waals surface area (Å²) in [6.45, 7) is 9.11. The highest BCUT2D eigenvalue weighted by Gasteiger charge is 2.09. The molecule has 2 aromatic heterocycles. The SMILES string of the molecule is Cc1ccn(-c2ncc(CNC(C)(C)C)cn2)n1. The molecule has 0 aliphatic heterocycles. The third-order valence-electron chi connectivity index (χ3n) is 2.44. The van der Waals surface area contributed by atoms with Crippen molar-refractivity contribution in [3.8, 4) is 5.95 Å². The van der Waals surface area contributed by atoms with Gasteiger partial charge in [-0.1, -0.05) is 0 Å². The van der Waals surface area contributed by atoms with Gasteiger partial charge in [0.15, 0.2) is 0 Å². The molecule has 0 aliphatic rings. The van der Waals surface area contributed by atoms with Gasteiger partial charge in [0.05, 0.1) is 5.69 Å². The zero-order chi connectivity index (χ0) is 13.2. The predicted octanol–water partition coefficient (Wildman–Crippen LogP) is 1.86. The van der Waals surface area contributed by atoms with Crippen LogP contribution in [0.5, 0.6) is 0 Å². The zero-order valence-electron chi connectivity index (χ0n) is 11.3. The van der Waals surface area contributed by atoms with E-state index in [1.165, 1.54) is 0 Å². The minimum Gasteiger partial charge on any atom is -0.308 e. The number of hydrogen-bond acceptors (Lipinski definition) is 4. The van der Waals surface area contributed by atoms with Gasteiger partial charge in [0.25, 0.3) is 0 Å². The van der Waals surface area contributed by atoms with Gasteiger partial charge in [-0.2, -0.15) is 5.10 Å². The lowest BCUT2D eigenvalue weighted by Gasteiger charge is -2.20. The first-order valence-corrected chi connectivity index (χ1v) is 6.03. The van der Waals surface area contributed by atoms with Gasteiger partial charge in [-0.25, -0.2) is 14.6 Å². The van der Waals surface area contributed by atoms with Gasteiger partial charge >= 0.3 is 0 Å². The molecule has 96 valence electrons. The maximum atomic E-state index is 4.31. The Balaban J connectivity index is 2.06. The molecule has 0 amide bonds. The molecule has 0 bridgehead atoms. The Labute approximate surface area is 107 Å². The van der Waals surface area contributed by atoms with Crippen molar-refractivity contribution in [2.45, 2.75) is 39.8 Å². The van der Waals surface area contributed by atoms with Crippen LogP contribution in [-0.4, -0.2) is 25.3 Å². The second-order valence-corrected chi connectivity index (χ2v) is 5.40. The van der Waals surface area contributed by atoms with Crippen LogP contribution in [0.15, 0.2) is 24.7 Å². The Bertz CT molecular complexity index is 507. The molecule has 0 spiro atoms. The third kappa shape index (κ3) is 3.37. The van der Waals surface area contributed by atoms with Crippen LogP contribution in [0.4, 0.5) is 0 Å². The molecule has 2 rings (SSSR count). The minimum atomic E-state index is 0.0950. The molecular weight excluding hydrogens is 226 g/mol. The molecular formula is C13H19N5. The molecule has 18 heavy (non-hydrogen) atoms. The summed E-state index contributed by atoms with van der Waals surface area (Å²) in [5.41, 5.74) is 2.12. The molecule has 2 heterocycles. The largest absolute Gasteiger partial charge is 0.308 e. The number of aryl methyl sites for hydroxylation is 1. The first-order valence-electron chi connectivity index (χ1n) is 6.03. The van der Waals surface area contributed by atoms with Crippen LogP contribution in [0.1, 0.15) is 32.0 Å². The Morgan fingerprint density at radius 2 is 1.89 bits per heavy atom. The molecule has 2 aromatic rings. The highest BCUT2D eigenvalue weighted by Crippen LogP contribution is 2.05. The zero-order valence-corrected chi connectivity index (χ0v) is 11.3. The van der Waals surface area contributed by atoms with E-state index >= 15 is 0 Å².